The Bertz CT molecular complexity index is 511. The lowest BCUT2D eigenvalue weighted by Crippen LogP contribution is -2.09. The first kappa shape index (κ1) is 14.1. The van der Waals surface area contributed by atoms with Crippen molar-refractivity contribution in [3.8, 4) is 5.75 Å². The Morgan fingerprint density at radius 1 is 1.35 bits per heavy atom. The van der Waals surface area contributed by atoms with E-state index in [-0.39, 0.29) is 11.3 Å². The molecule has 0 saturated carbocycles. The molecule has 1 rings (SSSR count). The third-order valence-corrected chi connectivity index (χ3v) is 2.91. The van der Waals surface area contributed by atoms with Gasteiger partial charge in [-0.25, -0.2) is 8.42 Å². The Balaban J connectivity index is 3.23. The fraction of sp³-hybridized carbons (Fsp3) is 0.333. The van der Waals surface area contributed by atoms with Crippen LogP contribution in [-0.4, -0.2) is 15.5 Å². The second-order valence-electron chi connectivity index (χ2n) is 3.22. The lowest BCUT2D eigenvalue weighted by atomic mass is 10.1. The fourth-order valence-electron chi connectivity index (χ4n) is 1.27. The molecule has 0 saturated heterocycles. The van der Waals surface area contributed by atoms with Gasteiger partial charge in [-0.3, -0.25) is 0 Å². The summed E-state index contributed by atoms with van der Waals surface area (Å²) in [6.07, 6.45) is -4.61. The van der Waals surface area contributed by atoms with Crippen LogP contribution in [0.2, 0.25) is 0 Å². The van der Waals surface area contributed by atoms with Crippen molar-refractivity contribution < 1.29 is 26.3 Å². The molecule has 0 aliphatic heterocycles. The number of benzene rings is 1. The van der Waals surface area contributed by atoms with Crippen LogP contribution in [0.5, 0.6) is 5.75 Å². The van der Waals surface area contributed by atoms with Gasteiger partial charge in [0.05, 0.1) is 18.4 Å². The van der Waals surface area contributed by atoms with Gasteiger partial charge < -0.3 is 4.74 Å². The van der Waals surface area contributed by atoms with Crippen molar-refractivity contribution in [1.29, 1.82) is 0 Å². The zero-order chi connectivity index (χ0) is 13.3. The Morgan fingerprint density at radius 3 is 2.35 bits per heavy atom. The molecule has 17 heavy (non-hydrogen) atoms. The highest BCUT2D eigenvalue weighted by atomic mass is 35.7. The number of hydrogen-bond acceptors (Lipinski definition) is 3. The van der Waals surface area contributed by atoms with E-state index in [1.165, 1.54) is 6.07 Å². The molecule has 0 aliphatic rings. The van der Waals surface area contributed by atoms with E-state index in [0.29, 0.717) is 6.07 Å². The number of ether oxygens (including phenoxy) is 1. The zero-order valence-electron chi connectivity index (χ0n) is 8.58. The number of rotatable bonds is 3. The van der Waals surface area contributed by atoms with Crippen LogP contribution in [-0.2, 0) is 21.0 Å². The normalized spacial score (nSPS) is 12.5. The molecule has 0 radical (unpaired) electrons. The van der Waals surface area contributed by atoms with E-state index >= 15 is 0 Å². The molecular formula is C9H8ClF3O3S. The maximum absolute atomic E-state index is 12.6. The highest BCUT2D eigenvalue weighted by Crippen LogP contribution is 2.36. The van der Waals surface area contributed by atoms with Crippen LogP contribution in [0.3, 0.4) is 0 Å². The second kappa shape index (κ2) is 4.73. The van der Waals surface area contributed by atoms with Gasteiger partial charge in [0.1, 0.15) is 5.75 Å². The van der Waals surface area contributed by atoms with Gasteiger partial charge in [0, 0.05) is 10.7 Å². The summed E-state index contributed by atoms with van der Waals surface area (Å²) in [7, 11) is 2.17. The van der Waals surface area contributed by atoms with Crippen LogP contribution < -0.4 is 4.74 Å². The monoisotopic (exact) mass is 288 g/mol. The van der Waals surface area contributed by atoms with Gasteiger partial charge in [0.2, 0.25) is 9.05 Å². The Morgan fingerprint density at radius 2 is 1.94 bits per heavy atom. The van der Waals surface area contributed by atoms with E-state index in [9.17, 15) is 21.6 Å². The summed E-state index contributed by atoms with van der Waals surface area (Å²) in [5.74, 6) is -1.03. The summed E-state index contributed by atoms with van der Waals surface area (Å²) in [5.41, 5.74) is -1.08. The predicted molar refractivity (Wildman–Crippen MR) is 56.5 cm³/mol. The maximum atomic E-state index is 12.6. The fourth-order valence-corrected chi connectivity index (χ4v) is 2.22. The van der Waals surface area contributed by atoms with E-state index in [2.05, 4.69) is 4.74 Å². The molecule has 0 aromatic heterocycles. The number of alkyl halides is 3. The lowest BCUT2D eigenvalue weighted by molar-refractivity contribution is -0.138. The molecular weight excluding hydrogens is 281 g/mol. The van der Waals surface area contributed by atoms with Crippen molar-refractivity contribution in [1.82, 2.24) is 0 Å². The maximum Gasteiger partial charge on any atom is 0.419 e. The average Bonchev–Trinajstić information content (AvgIpc) is 2.13. The summed E-state index contributed by atoms with van der Waals surface area (Å²) in [6.45, 7) is 0. The standard InChI is InChI=1S/C9H8ClF3O3S/c1-16-8-3-2-6(5-17(10,14)15)4-7(8)9(11,12)13/h2-4H,5H2,1H3. The van der Waals surface area contributed by atoms with Gasteiger partial charge in [-0.1, -0.05) is 6.07 Å². The largest absolute Gasteiger partial charge is 0.496 e. The molecule has 0 heterocycles. The van der Waals surface area contributed by atoms with Crippen LogP contribution in [0, 0.1) is 0 Å². The minimum Gasteiger partial charge on any atom is -0.496 e. The zero-order valence-corrected chi connectivity index (χ0v) is 10.2. The molecule has 96 valence electrons. The van der Waals surface area contributed by atoms with Crippen molar-refractivity contribution >= 4 is 19.7 Å². The minimum absolute atomic E-state index is 0.0480. The van der Waals surface area contributed by atoms with E-state index in [0.717, 1.165) is 13.2 Å². The van der Waals surface area contributed by atoms with Crippen molar-refractivity contribution in [2.75, 3.05) is 7.11 Å². The van der Waals surface area contributed by atoms with Gasteiger partial charge >= 0.3 is 6.18 Å². The van der Waals surface area contributed by atoms with E-state index < -0.39 is 26.5 Å². The molecule has 0 N–H and O–H groups in total. The first-order valence-electron chi connectivity index (χ1n) is 4.30. The summed E-state index contributed by atoms with van der Waals surface area (Å²) in [4.78, 5) is 0. The SMILES string of the molecule is COc1ccc(CS(=O)(=O)Cl)cc1C(F)(F)F. The van der Waals surface area contributed by atoms with E-state index in [1.54, 1.807) is 0 Å². The number of methoxy groups -OCH3 is 1. The van der Waals surface area contributed by atoms with Crippen LogP contribution in [0.1, 0.15) is 11.1 Å². The van der Waals surface area contributed by atoms with Crippen molar-refractivity contribution in [2.45, 2.75) is 11.9 Å². The Hall–Kier alpha value is -0.950. The molecule has 0 amide bonds. The average molecular weight is 289 g/mol. The summed E-state index contributed by atoms with van der Waals surface area (Å²) in [6, 6.07) is 2.98. The van der Waals surface area contributed by atoms with Gasteiger partial charge in [0.15, 0.2) is 0 Å². The molecule has 0 fully saturated rings. The number of hydrogen-bond donors (Lipinski definition) is 0. The molecule has 0 atom stereocenters. The molecule has 1 aromatic carbocycles. The topological polar surface area (TPSA) is 43.4 Å². The van der Waals surface area contributed by atoms with Crippen LogP contribution >= 0.6 is 10.7 Å². The van der Waals surface area contributed by atoms with Crippen LogP contribution in [0.15, 0.2) is 18.2 Å². The predicted octanol–water partition coefficient (Wildman–Crippen LogP) is 2.78. The number of halogens is 4. The highest BCUT2D eigenvalue weighted by Gasteiger charge is 2.34. The molecule has 3 nitrogen and oxygen atoms in total. The van der Waals surface area contributed by atoms with E-state index in [1.807, 2.05) is 0 Å². The van der Waals surface area contributed by atoms with Crippen LogP contribution in [0.4, 0.5) is 13.2 Å². The Kier molecular flexibility index (Phi) is 3.93. The molecule has 0 aliphatic carbocycles. The third kappa shape index (κ3) is 4.08. The summed E-state index contributed by atoms with van der Waals surface area (Å²) in [5, 5.41) is 0. The third-order valence-electron chi connectivity index (χ3n) is 1.91. The van der Waals surface area contributed by atoms with Crippen molar-refractivity contribution in [3.05, 3.63) is 29.3 Å². The first-order valence-corrected chi connectivity index (χ1v) is 6.78. The van der Waals surface area contributed by atoms with Crippen molar-refractivity contribution in [3.63, 3.8) is 0 Å². The van der Waals surface area contributed by atoms with Gasteiger partial charge in [0.25, 0.3) is 0 Å². The van der Waals surface area contributed by atoms with Gasteiger partial charge in [-0.05, 0) is 17.7 Å². The highest BCUT2D eigenvalue weighted by molar-refractivity contribution is 8.13. The molecule has 0 bridgehead atoms. The second-order valence-corrected chi connectivity index (χ2v) is 5.99. The molecule has 1 aromatic rings. The quantitative estimate of drug-likeness (QED) is 0.803. The Labute approximate surface area is 101 Å². The first-order chi connectivity index (χ1) is 7.63. The van der Waals surface area contributed by atoms with Gasteiger partial charge in [-0.15, -0.1) is 0 Å². The lowest BCUT2D eigenvalue weighted by Gasteiger charge is -2.12. The molecule has 8 heteroatoms. The summed E-state index contributed by atoms with van der Waals surface area (Å²) < 4.78 is 63.9. The molecule has 0 spiro atoms. The molecule has 0 unspecified atom stereocenters. The minimum atomic E-state index is -4.61. The van der Waals surface area contributed by atoms with Crippen LogP contribution in [0.25, 0.3) is 0 Å². The van der Waals surface area contributed by atoms with Crippen molar-refractivity contribution in [2.24, 2.45) is 0 Å². The van der Waals surface area contributed by atoms with Gasteiger partial charge in [-0.2, -0.15) is 13.2 Å². The summed E-state index contributed by atoms with van der Waals surface area (Å²) >= 11 is 0. The smallest absolute Gasteiger partial charge is 0.419 e. The van der Waals surface area contributed by atoms with E-state index in [4.69, 9.17) is 10.7 Å².